The molecule has 1 aromatic rings. The first-order valence-electron chi connectivity index (χ1n) is 7.28. The second-order valence-corrected chi connectivity index (χ2v) is 5.53. The Morgan fingerprint density at radius 2 is 1.94 bits per heavy atom. The van der Waals surface area contributed by atoms with Crippen molar-refractivity contribution < 1.29 is 5.11 Å². The molecule has 0 spiro atoms. The highest BCUT2D eigenvalue weighted by Gasteiger charge is 2.16. The van der Waals surface area contributed by atoms with Gasteiger partial charge in [0.05, 0.1) is 0 Å². The van der Waals surface area contributed by atoms with E-state index in [-0.39, 0.29) is 0 Å². The highest BCUT2D eigenvalue weighted by Crippen LogP contribution is 2.23. The van der Waals surface area contributed by atoms with Crippen molar-refractivity contribution in [2.75, 3.05) is 13.1 Å². The smallest absolute Gasteiger partial charge is 0.115 e. The SMILES string of the molecule is CCCC1CCCN(Cc2ccc(O)cc2)CC1. The number of rotatable bonds is 4. The molecule has 1 saturated heterocycles. The van der Waals surface area contributed by atoms with Gasteiger partial charge in [0.2, 0.25) is 0 Å². The molecule has 2 heteroatoms. The second-order valence-electron chi connectivity index (χ2n) is 5.53. The number of nitrogens with zero attached hydrogens (tertiary/aromatic N) is 1. The highest BCUT2D eigenvalue weighted by molar-refractivity contribution is 5.25. The second kappa shape index (κ2) is 6.79. The van der Waals surface area contributed by atoms with Crippen LogP contribution < -0.4 is 0 Å². The van der Waals surface area contributed by atoms with E-state index in [4.69, 9.17) is 0 Å². The number of likely N-dealkylation sites (tertiary alicyclic amines) is 1. The van der Waals surface area contributed by atoms with Crippen LogP contribution in [0.4, 0.5) is 0 Å². The van der Waals surface area contributed by atoms with Crippen LogP contribution in [0.3, 0.4) is 0 Å². The topological polar surface area (TPSA) is 23.5 Å². The number of hydrogen-bond acceptors (Lipinski definition) is 2. The third-order valence-corrected chi connectivity index (χ3v) is 3.98. The van der Waals surface area contributed by atoms with Crippen molar-refractivity contribution in [3.63, 3.8) is 0 Å². The molecule has 1 aliphatic rings. The average Bonchev–Trinajstić information content (AvgIpc) is 2.59. The monoisotopic (exact) mass is 247 g/mol. The van der Waals surface area contributed by atoms with Crippen molar-refractivity contribution in [2.45, 2.75) is 45.6 Å². The first kappa shape index (κ1) is 13.4. The molecule has 1 aromatic carbocycles. The van der Waals surface area contributed by atoms with Gasteiger partial charge in [0.15, 0.2) is 0 Å². The molecule has 18 heavy (non-hydrogen) atoms. The fourth-order valence-electron chi connectivity index (χ4n) is 2.94. The molecule has 1 atom stereocenters. The van der Waals surface area contributed by atoms with Crippen LogP contribution in [0.1, 0.15) is 44.6 Å². The molecule has 1 aliphatic heterocycles. The quantitative estimate of drug-likeness (QED) is 0.875. The number of benzene rings is 1. The zero-order chi connectivity index (χ0) is 12.8. The molecule has 0 aliphatic carbocycles. The first-order valence-corrected chi connectivity index (χ1v) is 7.28. The summed E-state index contributed by atoms with van der Waals surface area (Å²) in [6, 6.07) is 7.63. The maximum Gasteiger partial charge on any atom is 0.115 e. The van der Waals surface area contributed by atoms with Gasteiger partial charge in [-0.25, -0.2) is 0 Å². The van der Waals surface area contributed by atoms with Crippen molar-refractivity contribution >= 4 is 0 Å². The van der Waals surface area contributed by atoms with Crippen LogP contribution in [0.25, 0.3) is 0 Å². The summed E-state index contributed by atoms with van der Waals surface area (Å²) >= 11 is 0. The van der Waals surface area contributed by atoms with E-state index >= 15 is 0 Å². The summed E-state index contributed by atoms with van der Waals surface area (Å²) < 4.78 is 0. The van der Waals surface area contributed by atoms with E-state index in [1.165, 1.54) is 50.8 Å². The van der Waals surface area contributed by atoms with Gasteiger partial charge in [-0.05, 0) is 56.0 Å². The molecule has 1 N–H and O–H groups in total. The molecule has 100 valence electrons. The van der Waals surface area contributed by atoms with E-state index in [9.17, 15) is 5.11 Å². The Morgan fingerprint density at radius 1 is 1.17 bits per heavy atom. The summed E-state index contributed by atoms with van der Waals surface area (Å²) in [5.74, 6) is 1.30. The van der Waals surface area contributed by atoms with Gasteiger partial charge in [0.25, 0.3) is 0 Å². The third kappa shape index (κ3) is 4.02. The van der Waals surface area contributed by atoms with E-state index < -0.39 is 0 Å². The summed E-state index contributed by atoms with van der Waals surface area (Å²) in [5, 5.41) is 9.29. The van der Waals surface area contributed by atoms with Gasteiger partial charge in [-0.15, -0.1) is 0 Å². The molecule has 2 rings (SSSR count). The molecule has 1 unspecified atom stereocenters. The summed E-state index contributed by atoms with van der Waals surface area (Å²) in [4.78, 5) is 2.56. The van der Waals surface area contributed by atoms with Crippen LogP contribution in [0.5, 0.6) is 5.75 Å². The lowest BCUT2D eigenvalue weighted by atomic mass is 9.96. The number of phenols is 1. The van der Waals surface area contributed by atoms with E-state index in [2.05, 4.69) is 11.8 Å². The molecule has 1 heterocycles. The standard InChI is InChI=1S/C16H25NO/c1-2-4-14-5-3-11-17(12-10-14)13-15-6-8-16(18)9-7-15/h6-9,14,18H,2-5,10-13H2,1H3. The zero-order valence-corrected chi connectivity index (χ0v) is 11.4. The molecule has 0 radical (unpaired) electrons. The number of hydrogen-bond donors (Lipinski definition) is 1. The largest absolute Gasteiger partial charge is 0.508 e. The minimum atomic E-state index is 0.359. The third-order valence-electron chi connectivity index (χ3n) is 3.98. The molecule has 0 amide bonds. The van der Waals surface area contributed by atoms with Crippen molar-refractivity contribution in [1.82, 2.24) is 4.90 Å². The van der Waals surface area contributed by atoms with Gasteiger partial charge in [-0.1, -0.05) is 31.9 Å². The Morgan fingerprint density at radius 3 is 2.67 bits per heavy atom. The zero-order valence-electron chi connectivity index (χ0n) is 11.4. The van der Waals surface area contributed by atoms with E-state index in [0.717, 1.165) is 12.5 Å². The lowest BCUT2D eigenvalue weighted by Crippen LogP contribution is -2.24. The van der Waals surface area contributed by atoms with E-state index in [0.29, 0.717) is 5.75 Å². The van der Waals surface area contributed by atoms with Crippen LogP contribution in [0.15, 0.2) is 24.3 Å². The lowest BCUT2D eigenvalue weighted by molar-refractivity contribution is 0.271. The number of aromatic hydroxyl groups is 1. The average molecular weight is 247 g/mol. The molecule has 2 nitrogen and oxygen atoms in total. The molecule has 1 fully saturated rings. The fourth-order valence-corrected chi connectivity index (χ4v) is 2.94. The molecule has 0 bridgehead atoms. The Bertz CT molecular complexity index is 347. The van der Waals surface area contributed by atoms with Crippen LogP contribution in [0, 0.1) is 5.92 Å². The van der Waals surface area contributed by atoms with E-state index in [1.807, 2.05) is 12.1 Å². The van der Waals surface area contributed by atoms with Gasteiger partial charge in [0.1, 0.15) is 5.75 Å². The Labute approximate surface area is 111 Å². The molecular weight excluding hydrogens is 222 g/mol. The maximum absolute atomic E-state index is 9.29. The van der Waals surface area contributed by atoms with E-state index in [1.54, 1.807) is 12.1 Å². The summed E-state index contributed by atoms with van der Waals surface area (Å²) in [6.45, 7) is 5.77. The van der Waals surface area contributed by atoms with Gasteiger partial charge < -0.3 is 5.11 Å². The van der Waals surface area contributed by atoms with Crippen molar-refractivity contribution in [1.29, 1.82) is 0 Å². The van der Waals surface area contributed by atoms with Crippen LogP contribution >= 0.6 is 0 Å². The van der Waals surface area contributed by atoms with Gasteiger partial charge in [-0.3, -0.25) is 4.90 Å². The van der Waals surface area contributed by atoms with Gasteiger partial charge in [-0.2, -0.15) is 0 Å². The van der Waals surface area contributed by atoms with Crippen molar-refractivity contribution in [2.24, 2.45) is 5.92 Å². The first-order chi connectivity index (χ1) is 8.78. The Balaban J connectivity index is 1.84. The predicted molar refractivity (Wildman–Crippen MR) is 75.6 cm³/mol. The predicted octanol–water partition coefficient (Wildman–Crippen LogP) is 3.79. The van der Waals surface area contributed by atoms with Crippen LogP contribution in [-0.4, -0.2) is 23.1 Å². The van der Waals surface area contributed by atoms with Gasteiger partial charge >= 0.3 is 0 Å². The fraction of sp³-hybridized carbons (Fsp3) is 0.625. The Kier molecular flexibility index (Phi) is 5.06. The Hall–Kier alpha value is -1.02. The minimum absolute atomic E-state index is 0.359. The summed E-state index contributed by atoms with van der Waals surface area (Å²) in [7, 11) is 0. The van der Waals surface area contributed by atoms with Crippen LogP contribution in [-0.2, 0) is 6.54 Å². The molecule has 0 aromatic heterocycles. The highest BCUT2D eigenvalue weighted by atomic mass is 16.3. The lowest BCUT2D eigenvalue weighted by Gasteiger charge is -2.20. The summed E-state index contributed by atoms with van der Waals surface area (Å²) in [6.07, 6.45) is 6.81. The minimum Gasteiger partial charge on any atom is -0.508 e. The maximum atomic E-state index is 9.29. The van der Waals surface area contributed by atoms with Crippen LogP contribution in [0.2, 0.25) is 0 Å². The van der Waals surface area contributed by atoms with Crippen molar-refractivity contribution in [3.8, 4) is 5.75 Å². The van der Waals surface area contributed by atoms with Gasteiger partial charge in [0, 0.05) is 6.54 Å². The molecular formula is C16H25NO. The molecule has 0 saturated carbocycles. The summed E-state index contributed by atoms with van der Waals surface area (Å²) in [5.41, 5.74) is 1.31. The van der Waals surface area contributed by atoms with Crippen molar-refractivity contribution in [3.05, 3.63) is 29.8 Å². The normalized spacial score (nSPS) is 21.7. The number of phenolic OH excluding ortho intramolecular Hbond substituents is 1.